The quantitative estimate of drug-likeness (QED) is 0.419. The lowest BCUT2D eigenvalue weighted by molar-refractivity contribution is 0.787. The van der Waals surface area contributed by atoms with Gasteiger partial charge in [0.25, 0.3) is 0 Å². The minimum Gasteiger partial charge on any atom is -0.0990 e. The molecule has 122 valence electrons. The molecule has 0 heteroatoms. The van der Waals surface area contributed by atoms with Crippen LogP contribution < -0.4 is 0 Å². The van der Waals surface area contributed by atoms with E-state index in [9.17, 15) is 0 Å². The average molecular weight is 291 g/mol. The summed E-state index contributed by atoms with van der Waals surface area (Å²) < 4.78 is 0. The van der Waals surface area contributed by atoms with Gasteiger partial charge in [-0.15, -0.1) is 0 Å². The first kappa shape index (κ1) is 24.7. The van der Waals surface area contributed by atoms with Crippen LogP contribution in [-0.4, -0.2) is 0 Å². The monoisotopic (exact) mass is 290 g/mol. The van der Waals surface area contributed by atoms with Crippen molar-refractivity contribution in [1.29, 1.82) is 0 Å². The third kappa shape index (κ3) is 12.2. The molecular formula is C21H38. The fraction of sp³-hybridized carbons (Fsp3) is 0.524. The second kappa shape index (κ2) is 18.7. The number of unbranched alkanes of at least 4 members (excludes halogenated alkanes) is 1. The second-order valence-corrected chi connectivity index (χ2v) is 4.42. The van der Waals surface area contributed by atoms with E-state index in [0.717, 1.165) is 17.6 Å². The van der Waals surface area contributed by atoms with Gasteiger partial charge in [-0.25, -0.2) is 0 Å². The molecule has 0 aromatic heterocycles. The Labute approximate surface area is 135 Å². The van der Waals surface area contributed by atoms with E-state index in [0.29, 0.717) is 0 Å². The molecule has 0 fully saturated rings. The van der Waals surface area contributed by atoms with Crippen molar-refractivity contribution >= 4 is 0 Å². The van der Waals surface area contributed by atoms with E-state index in [-0.39, 0.29) is 0 Å². The maximum absolute atomic E-state index is 4.24. The molecule has 0 nitrogen and oxygen atoms in total. The lowest BCUT2D eigenvalue weighted by atomic mass is 9.91. The normalized spacial score (nSPS) is 10.0. The molecule has 0 aliphatic carbocycles. The van der Waals surface area contributed by atoms with Crippen LogP contribution in [0.4, 0.5) is 0 Å². The zero-order chi connectivity index (χ0) is 17.3. The number of rotatable bonds is 7. The van der Waals surface area contributed by atoms with E-state index < -0.39 is 0 Å². The molecule has 0 amide bonds. The van der Waals surface area contributed by atoms with Gasteiger partial charge in [-0.3, -0.25) is 0 Å². The summed E-state index contributed by atoms with van der Waals surface area (Å²) in [7, 11) is 0. The summed E-state index contributed by atoms with van der Waals surface area (Å²) in [5, 5.41) is 0. The third-order valence-electron chi connectivity index (χ3n) is 2.74. The van der Waals surface area contributed by atoms with Crippen LogP contribution in [0.2, 0.25) is 0 Å². The van der Waals surface area contributed by atoms with Gasteiger partial charge in [0, 0.05) is 0 Å². The highest BCUT2D eigenvalue weighted by atomic mass is 14.1. The van der Waals surface area contributed by atoms with Crippen LogP contribution >= 0.6 is 0 Å². The molecule has 0 unspecified atom stereocenters. The zero-order valence-corrected chi connectivity index (χ0v) is 15.8. The van der Waals surface area contributed by atoms with E-state index >= 15 is 0 Å². The summed E-state index contributed by atoms with van der Waals surface area (Å²) in [5.41, 5.74) is 5.05. The Morgan fingerprint density at radius 1 is 1.05 bits per heavy atom. The standard InChI is InChI=1S/C17H26.2C2H6/c1-7-10-13-17(14(4)5)15(6)16(11-8-2)12-9-3;2*1-2/h8-9,11-12H,2,6-7,10,13H2,1,3-5H3;2*1-2H3/b12-9-,16-11+;;. The number of allylic oxidation sites excluding steroid dienone is 8. The molecule has 0 radical (unpaired) electrons. The highest BCUT2D eigenvalue weighted by Gasteiger charge is 2.07. The molecule has 0 aromatic carbocycles. The molecule has 0 rings (SSSR count). The van der Waals surface area contributed by atoms with Gasteiger partial charge in [0.2, 0.25) is 0 Å². The van der Waals surface area contributed by atoms with Gasteiger partial charge in [-0.1, -0.05) is 84.1 Å². The molecule has 0 aromatic rings. The summed E-state index contributed by atoms with van der Waals surface area (Å²) in [6.45, 7) is 24.6. The van der Waals surface area contributed by atoms with Gasteiger partial charge in [0.15, 0.2) is 0 Å². The number of hydrogen-bond donors (Lipinski definition) is 0. The first-order valence-electron chi connectivity index (χ1n) is 8.39. The maximum Gasteiger partial charge on any atom is -0.0191 e. The van der Waals surface area contributed by atoms with Crippen molar-refractivity contribution in [1.82, 2.24) is 0 Å². The molecule has 0 bridgehead atoms. The Kier molecular flexibility index (Phi) is 22.0. The summed E-state index contributed by atoms with van der Waals surface area (Å²) in [5.74, 6) is 0. The first-order valence-corrected chi connectivity index (χ1v) is 8.39. The Balaban J connectivity index is -0.000000739. The molecule has 21 heavy (non-hydrogen) atoms. The SMILES string of the molecule is C=C/C=C(\C=C/C)C(=C)C(CCCC)=C(C)C.CC.CC. The van der Waals surface area contributed by atoms with Crippen LogP contribution in [-0.2, 0) is 0 Å². The van der Waals surface area contributed by atoms with Crippen molar-refractivity contribution < 1.29 is 0 Å². The molecule has 0 N–H and O–H groups in total. The average Bonchev–Trinajstić information content (AvgIpc) is 2.51. The molecule has 0 aliphatic rings. The van der Waals surface area contributed by atoms with Crippen LogP contribution in [0.1, 0.15) is 74.7 Å². The number of hydrogen-bond acceptors (Lipinski definition) is 0. The highest BCUT2D eigenvalue weighted by molar-refractivity contribution is 5.52. The Morgan fingerprint density at radius 2 is 1.57 bits per heavy atom. The molecule has 0 aliphatic heterocycles. The van der Waals surface area contributed by atoms with Crippen LogP contribution in [0.15, 0.2) is 59.8 Å². The van der Waals surface area contributed by atoms with Crippen molar-refractivity contribution in [3.63, 3.8) is 0 Å². The van der Waals surface area contributed by atoms with E-state index in [4.69, 9.17) is 0 Å². The molecular weight excluding hydrogens is 252 g/mol. The fourth-order valence-corrected chi connectivity index (χ4v) is 1.79. The third-order valence-corrected chi connectivity index (χ3v) is 2.74. The summed E-state index contributed by atoms with van der Waals surface area (Å²) in [6, 6.07) is 0. The van der Waals surface area contributed by atoms with Crippen molar-refractivity contribution in [3.05, 3.63) is 59.8 Å². The topological polar surface area (TPSA) is 0 Å². The predicted molar refractivity (Wildman–Crippen MR) is 103 cm³/mol. The smallest absolute Gasteiger partial charge is 0.0191 e. The summed E-state index contributed by atoms with van der Waals surface area (Å²) >= 11 is 0. The molecule has 0 saturated carbocycles. The van der Waals surface area contributed by atoms with Gasteiger partial charge in [0.05, 0.1) is 0 Å². The Morgan fingerprint density at radius 3 is 1.90 bits per heavy atom. The van der Waals surface area contributed by atoms with E-state index in [1.54, 1.807) is 0 Å². The van der Waals surface area contributed by atoms with E-state index in [2.05, 4.69) is 40.0 Å². The molecule has 0 atom stereocenters. The van der Waals surface area contributed by atoms with Crippen LogP contribution in [0.25, 0.3) is 0 Å². The van der Waals surface area contributed by atoms with Crippen molar-refractivity contribution in [2.45, 2.75) is 74.7 Å². The maximum atomic E-state index is 4.24. The van der Waals surface area contributed by atoms with Gasteiger partial charge < -0.3 is 0 Å². The van der Waals surface area contributed by atoms with Crippen molar-refractivity contribution in [2.75, 3.05) is 0 Å². The Bertz CT molecular complexity index is 344. The first-order chi connectivity index (χ1) is 10.1. The van der Waals surface area contributed by atoms with Crippen molar-refractivity contribution in [3.8, 4) is 0 Å². The largest absolute Gasteiger partial charge is 0.0990 e. The van der Waals surface area contributed by atoms with Crippen LogP contribution in [0, 0.1) is 0 Å². The van der Waals surface area contributed by atoms with Crippen LogP contribution in [0.3, 0.4) is 0 Å². The summed E-state index contributed by atoms with van der Waals surface area (Å²) in [4.78, 5) is 0. The second-order valence-electron chi connectivity index (χ2n) is 4.42. The van der Waals surface area contributed by atoms with Gasteiger partial charge in [0.1, 0.15) is 0 Å². The van der Waals surface area contributed by atoms with Crippen LogP contribution in [0.5, 0.6) is 0 Å². The lowest BCUT2D eigenvalue weighted by Crippen LogP contribution is -1.95. The van der Waals surface area contributed by atoms with E-state index in [1.807, 2.05) is 52.8 Å². The molecule has 0 saturated heterocycles. The highest BCUT2D eigenvalue weighted by Crippen LogP contribution is 2.26. The predicted octanol–water partition coefficient (Wildman–Crippen LogP) is 7.81. The van der Waals surface area contributed by atoms with Gasteiger partial charge in [-0.05, 0) is 50.3 Å². The van der Waals surface area contributed by atoms with Crippen molar-refractivity contribution in [2.24, 2.45) is 0 Å². The van der Waals surface area contributed by atoms with E-state index in [1.165, 1.54) is 24.0 Å². The minimum atomic E-state index is 1.11. The van der Waals surface area contributed by atoms with Gasteiger partial charge >= 0.3 is 0 Å². The lowest BCUT2D eigenvalue weighted by Gasteiger charge is -2.14. The minimum absolute atomic E-state index is 1.11. The summed E-state index contributed by atoms with van der Waals surface area (Å²) in [6.07, 6.45) is 11.5. The fourth-order valence-electron chi connectivity index (χ4n) is 1.79. The Hall–Kier alpha value is -1.30. The molecule has 0 heterocycles. The zero-order valence-electron chi connectivity index (χ0n) is 15.8. The van der Waals surface area contributed by atoms with Gasteiger partial charge in [-0.2, -0.15) is 0 Å². The molecule has 0 spiro atoms.